The second kappa shape index (κ2) is 5.84. The molecule has 2 N–H and O–H groups in total. The Morgan fingerprint density at radius 3 is 2.65 bits per heavy atom. The molecule has 2 rings (SSSR count). The average Bonchev–Trinajstić information content (AvgIpc) is 2.38. The van der Waals surface area contributed by atoms with Crippen molar-refractivity contribution >= 4 is 21.6 Å². The Morgan fingerprint density at radius 2 is 1.88 bits per heavy atom. The highest BCUT2D eigenvalue weighted by Crippen LogP contribution is 2.18. The standard InChI is InChI=1S/C14H14BrNO/c15-14-7-2-1-5-12(14)9-16-13-6-3-4-11(8-13)10-17/h1-8,16-17H,9-10H2. The van der Waals surface area contributed by atoms with Crippen LogP contribution >= 0.6 is 15.9 Å². The van der Waals surface area contributed by atoms with Gasteiger partial charge >= 0.3 is 0 Å². The van der Waals surface area contributed by atoms with E-state index in [9.17, 15) is 0 Å². The monoisotopic (exact) mass is 291 g/mol. The van der Waals surface area contributed by atoms with Crippen LogP contribution in [0.1, 0.15) is 11.1 Å². The molecule has 0 radical (unpaired) electrons. The van der Waals surface area contributed by atoms with Crippen LogP contribution in [0.3, 0.4) is 0 Å². The zero-order valence-corrected chi connectivity index (χ0v) is 10.9. The van der Waals surface area contributed by atoms with Gasteiger partial charge in [-0.15, -0.1) is 0 Å². The molecule has 0 aliphatic carbocycles. The Hall–Kier alpha value is -1.32. The van der Waals surface area contributed by atoms with Crippen LogP contribution in [0, 0.1) is 0 Å². The van der Waals surface area contributed by atoms with E-state index in [-0.39, 0.29) is 6.61 Å². The van der Waals surface area contributed by atoms with Gasteiger partial charge in [-0.05, 0) is 29.3 Å². The fourth-order valence-corrected chi connectivity index (χ4v) is 2.04. The second-order valence-corrected chi connectivity index (χ2v) is 4.66. The van der Waals surface area contributed by atoms with Crippen LogP contribution in [0.25, 0.3) is 0 Å². The molecule has 3 heteroatoms. The number of halogens is 1. The second-order valence-electron chi connectivity index (χ2n) is 3.80. The molecule has 17 heavy (non-hydrogen) atoms. The maximum atomic E-state index is 9.06. The maximum absolute atomic E-state index is 9.06. The molecule has 88 valence electrons. The Morgan fingerprint density at radius 1 is 1.06 bits per heavy atom. The van der Waals surface area contributed by atoms with E-state index in [1.807, 2.05) is 42.5 Å². The van der Waals surface area contributed by atoms with Crippen LogP contribution < -0.4 is 5.32 Å². The first-order chi connectivity index (χ1) is 8.29. The summed E-state index contributed by atoms with van der Waals surface area (Å²) in [5.41, 5.74) is 3.15. The number of benzene rings is 2. The number of aliphatic hydroxyl groups excluding tert-OH is 1. The third-order valence-corrected chi connectivity index (χ3v) is 3.32. The first-order valence-corrected chi connectivity index (χ1v) is 6.26. The summed E-state index contributed by atoms with van der Waals surface area (Å²) in [5.74, 6) is 0. The predicted octanol–water partition coefficient (Wildman–Crippen LogP) is 3.55. The van der Waals surface area contributed by atoms with Crippen LogP contribution in [0.15, 0.2) is 53.0 Å². The number of hydrogen-bond acceptors (Lipinski definition) is 2. The van der Waals surface area contributed by atoms with Gasteiger partial charge in [0.25, 0.3) is 0 Å². The SMILES string of the molecule is OCc1cccc(NCc2ccccc2Br)c1. The molecular formula is C14H14BrNO. The van der Waals surface area contributed by atoms with Crippen LogP contribution in [-0.4, -0.2) is 5.11 Å². The lowest BCUT2D eigenvalue weighted by Crippen LogP contribution is -2.00. The molecule has 0 saturated carbocycles. The quantitative estimate of drug-likeness (QED) is 0.903. The van der Waals surface area contributed by atoms with E-state index < -0.39 is 0 Å². The van der Waals surface area contributed by atoms with Gasteiger partial charge in [-0.1, -0.05) is 46.3 Å². The first kappa shape index (κ1) is 12.1. The fourth-order valence-electron chi connectivity index (χ4n) is 1.62. The molecule has 2 nitrogen and oxygen atoms in total. The summed E-state index contributed by atoms with van der Waals surface area (Å²) in [6.07, 6.45) is 0. The van der Waals surface area contributed by atoms with Gasteiger partial charge in [-0.2, -0.15) is 0 Å². The van der Waals surface area contributed by atoms with Crippen molar-refractivity contribution < 1.29 is 5.11 Å². The molecule has 0 amide bonds. The van der Waals surface area contributed by atoms with Gasteiger partial charge in [-0.3, -0.25) is 0 Å². The number of anilines is 1. The third-order valence-electron chi connectivity index (χ3n) is 2.55. The Bertz CT molecular complexity index is 499. The zero-order chi connectivity index (χ0) is 12.1. The van der Waals surface area contributed by atoms with E-state index in [2.05, 4.69) is 27.3 Å². The van der Waals surface area contributed by atoms with E-state index in [1.165, 1.54) is 5.56 Å². The van der Waals surface area contributed by atoms with Crippen LogP contribution in [0.2, 0.25) is 0 Å². The molecule has 0 saturated heterocycles. The molecule has 0 atom stereocenters. The van der Waals surface area contributed by atoms with E-state index in [0.717, 1.165) is 22.3 Å². The molecule has 0 aromatic heterocycles. The zero-order valence-electron chi connectivity index (χ0n) is 9.36. The number of aliphatic hydroxyl groups is 1. The minimum Gasteiger partial charge on any atom is -0.392 e. The van der Waals surface area contributed by atoms with E-state index >= 15 is 0 Å². The van der Waals surface area contributed by atoms with E-state index in [0.29, 0.717) is 0 Å². The lowest BCUT2D eigenvalue weighted by Gasteiger charge is -2.09. The lowest BCUT2D eigenvalue weighted by molar-refractivity contribution is 0.282. The Balaban J connectivity index is 2.05. The normalized spacial score (nSPS) is 10.2. The molecular weight excluding hydrogens is 278 g/mol. The van der Waals surface area contributed by atoms with Crippen molar-refractivity contribution in [1.82, 2.24) is 0 Å². The van der Waals surface area contributed by atoms with Crippen LogP contribution in [-0.2, 0) is 13.2 Å². The van der Waals surface area contributed by atoms with Crippen molar-refractivity contribution in [2.75, 3.05) is 5.32 Å². The average molecular weight is 292 g/mol. The smallest absolute Gasteiger partial charge is 0.0682 e. The van der Waals surface area contributed by atoms with Crippen molar-refractivity contribution in [2.45, 2.75) is 13.2 Å². The summed E-state index contributed by atoms with van der Waals surface area (Å²) in [4.78, 5) is 0. The maximum Gasteiger partial charge on any atom is 0.0682 e. The molecule has 0 fully saturated rings. The topological polar surface area (TPSA) is 32.3 Å². The summed E-state index contributed by atoms with van der Waals surface area (Å²) in [5, 5.41) is 12.4. The predicted molar refractivity (Wildman–Crippen MR) is 73.8 cm³/mol. The van der Waals surface area contributed by atoms with E-state index in [4.69, 9.17) is 5.11 Å². The Labute approximate surface area is 109 Å². The molecule has 2 aromatic carbocycles. The van der Waals surface area contributed by atoms with Crippen LogP contribution in [0.4, 0.5) is 5.69 Å². The van der Waals surface area contributed by atoms with Gasteiger partial charge in [0, 0.05) is 16.7 Å². The molecule has 2 aromatic rings. The van der Waals surface area contributed by atoms with Crippen molar-refractivity contribution in [3.05, 3.63) is 64.1 Å². The van der Waals surface area contributed by atoms with Gasteiger partial charge in [0.2, 0.25) is 0 Å². The minimum atomic E-state index is 0.0740. The van der Waals surface area contributed by atoms with Crippen molar-refractivity contribution in [3.63, 3.8) is 0 Å². The number of nitrogens with one attached hydrogen (secondary N) is 1. The highest BCUT2D eigenvalue weighted by Gasteiger charge is 1.99. The number of hydrogen-bond donors (Lipinski definition) is 2. The van der Waals surface area contributed by atoms with Gasteiger partial charge in [0.15, 0.2) is 0 Å². The van der Waals surface area contributed by atoms with Gasteiger partial charge in [0.05, 0.1) is 6.61 Å². The summed E-state index contributed by atoms with van der Waals surface area (Å²) in [6, 6.07) is 15.9. The third kappa shape index (κ3) is 3.32. The highest BCUT2D eigenvalue weighted by molar-refractivity contribution is 9.10. The molecule has 0 unspecified atom stereocenters. The van der Waals surface area contributed by atoms with E-state index in [1.54, 1.807) is 0 Å². The largest absolute Gasteiger partial charge is 0.392 e. The summed E-state index contributed by atoms with van der Waals surface area (Å²) >= 11 is 3.52. The van der Waals surface area contributed by atoms with Crippen molar-refractivity contribution in [3.8, 4) is 0 Å². The molecule has 0 spiro atoms. The molecule has 0 bridgehead atoms. The first-order valence-electron chi connectivity index (χ1n) is 5.46. The van der Waals surface area contributed by atoms with Gasteiger partial charge in [-0.25, -0.2) is 0 Å². The molecule has 0 aliphatic rings. The van der Waals surface area contributed by atoms with Crippen molar-refractivity contribution in [1.29, 1.82) is 0 Å². The fraction of sp³-hybridized carbons (Fsp3) is 0.143. The van der Waals surface area contributed by atoms with Gasteiger partial charge in [0.1, 0.15) is 0 Å². The summed E-state index contributed by atoms with van der Waals surface area (Å²) in [6.45, 7) is 0.834. The minimum absolute atomic E-state index is 0.0740. The summed E-state index contributed by atoms with van der Waals surface area (Å²) < 4.78 is 1.10. The molecule has 0 heterocycles. The summed E-state index contributed by atoms with van der Waals surface area (Å²) in [7, 11) is 0. The number of rotatable bonds is 4. The van der Waals surface area contributed by atoms with Crippen LogP contribution in [0.5, 0.6) is 0 Å². The molecule has 0 aliphatic heterocycles. The van der Waals surface area contributed by atoms with Gasteiger partial charge < -0.3 is 10.4 Å². The Kier molecular flexibility index (Phi) is 4.18. The lowest BCUT2D eigenvalue weighted by atomic mass is 10.2. The highest BCUT2D eigenvalue weighted by atomic mass is 79.9. The van der Waals surface area contributed by atoms with Crippen molar-refractivity contribution in [2.24, 2.45) is 0 Å².